The molecule has 1 aliphatic rings. The Balaban J connectivity index is 2.21. The van der Waals surface area contributed by atoms with E-state index in [-0.39, 0.29) is 17.6 Å². The normalized spacial score (nSPS) is 23.2. The number of carbonyl (C=O) groups is 1. The molecule has 5 nitrogen and oxygen atoms in total. The Morgan fingerprint density at radius 2 is 2.22 bits per heavy atom. The van der Waals surface area contributed by atoms with Crippen molar-refractivity contribution in [3.63, 3.8) is 0 Å². The predicted octanol–water partition coefficient (Wildman–Crippen LogP) is 1.37. The Labute approximate surface area is 108 Å². The highest BCUT2D eigenvalue weighted by Crippen LogP contribution is 2.22. The second-order valence-electron chi connectivity index (χ2n) is 5.64. The van der Waals surface area contributed by atoms with Crippen molar-refractivity contribution in [1.29, 1.82) is 0 Å². The van der Waals surface area contributed by atoms with E-state index < -0.39 is 0 Å². The van der Waals surface area contributed by atoms with Gasteiger partial charge in [-0.2, -0.15) is 5.10 Å². The fraction of sp³-hybridized carbons (Fsp3) is 0.692. The highest BCUT2D eigenvalue weighted by atomic mass is 16.5. The maximum Gasteiger partial charge on any atom is 0.257 e. The minimum absolute atomic E-state index is 0.0452. The van der Waals surface area contributed by atoms with E-state index in [1.54, 1.807) is 10.9 Å². The van der Waals surface area contributed by atoms with Crippen LogP contribution in [0.2, 0.25) is 0 Å². The molecule has 1 amide bonds. The van der Waals surface area contributed by atoms with E-state index in [1.165, 1.54) is 0 Å². The molecule has 0 aromatic carbocycles. The number of hydrogen-bond donors (Lipinski definition) is 0. The largest absolute Gasteiger partial charge is 0.369 e. The average Bonchev–Trinajstić information content (AvgIpc) is 2.56. The monoisotopic (exact) mass is 251 g/mol. The van der Waals surface area contributed by atoms with Crippen molar-refractivity contribution < 1.29 is 9.53 Å². The first kappa shape index (κ1) is 13.1. The van der Waals surface area contributed by atoms with Gasteiger partial charge in [-0.25, -0.2) is 0 Å². The van der Waals surface area contributed by atoms with E-state index in [2.05, 4.69) is 5.10 Å². The van der Waals surface area contributed by atoms with Crippen LogP contribution in [0.25, 0.3) is 0 Å². The summed E-state index contributed by atoms with van der Waals surface area (Å²) in [5, 5.41) is 4.13. The Morgan fingerprint density at radius 1 is 1.56 bits per heavy atom. The van der Waals surface area contributed by atoms with Crippen molar-refractivity contribution in [3.05, 3.63) is 17.5 Å². The van der Waals surface area contributed by atoms with Gasteiger partial charge in [0.15, 0.2) is 0 Å². The number of ether oxygens (including phenoxy) is 1. The van der Waals surface area contributed by atoms with E-state index in [9.17, 15) is 4.79 Å². The molecule has 1 aromatic rings. The lowest BCUT2D eigenvalue weighted by Crippen LogP contribution is -2.53. The van der Waals surface area contributed by atoms with Crippen LogP contribution < -0.4 is 0 Å². The van der Waals surface area contributed by atoms with Gasteiger partial charge in [-0.05, 0) is 27.7 Å². The zero-order chi connectivity index (χ0) is 13.5. The van der Waals surface area contributed by atoms with E-state index in [4.69, 9.17) is 4.74 Å². The van der Waals surface area contributed by atoms with Gasteiger partial charge in [0, 0.05) is 25.8 Å². The van der Waals surface area contributed by atoms with Crippen LogP contribution in [-0.4, -0.2) is 45.4 Å². The molecular formula is C13H21N3O2. The van der Waals surface area contributed by atoms with Gasteiger partial charge in [-0.1, -0.05) is 0 Å². The maximum absolute atomic E-state index is 12.5. The minimum Gasteiger partial charge on any atom is -0.369 e. The van der Waals surface area contributed by atoms with Gasteiger partial charge < -0.3 is 9.64 Å². The molecule has 1 aromatic heterocycles. The van der Waals surface area contributed by atoms with Crippen molar-refractivity contribution in [2.75, 3.05) is 13.1 Å². The summed E-state index contributed by atoms with van der Waals surface area (Å²) in [4.78, 5) is 14.3. The molecule has 18 heavy (non-hydrogen) atoms. The molecule has 0 saturated carbocycles. The van der Waals surface area contributed by atoms with Crippen molar-refractivity contribution in [2.24, 2.45) is 7.05 Å². The standard InChI is InChI=1S/C13H21N3O2/c1-9-7-16(8-13(3,4)18-9)12(17)11-6-14-15(5)10(11)2/h6,9H,7-8H2,1-5H3/t9-/m0/s1. The van der Waals surface area contributed by atoms with Crippen LogP contribution >= 0.6 is 0 Å². The second kappa shape index (κ2) is 4.39. The number of carbonyl (C=O) groups excluding carboxylic acids is 1. The molecule has 1 saturated heterocycles. The Hall–Kier alpha value is -1.36. The molecular weight excluding hydrogens is 230 g/mol. The van der Waals surface area contributed by atoms with Gasteiger partial charge in [-0.15, -0.1) is 0 Å². The summed E-state index contributed by atoms with van der Waals surface area (Å²) in [6.45, 7) is 9.19. The highest BCUT2D eigenvalue weighted by Gasteiger charge is 2.34. The molecule has 0 N–H and O–H groups in total. The number of amides is 1. The fourth-order valence-electron chi connectivity index (χ4n) is 2.49. The van der Waals surface area contributed by atoms with Gasteiger partial charge in [0.2, 0.25) is 0 Å². The first-order valence-corrected chi connectivity index (χ1v) is 6.26. The predicted molar refractivity (Wildman–Crippen MR) is 68.5 cm³/mol. The van der Waals surface area contributed by atoms with E-state index >= 15 is 0 Å². The molecule has 1 aliphatic heterocycles. The van der Waals surface area contributed by atoms with Crippen LogP contribution in [0.5, 0.6) is 0 Å². The van der Waals surface area contributed by atoms with Crippen LogP contribution in [0.15, 0.2) is 6.20 Å². The van der Waals surface area contributed by atoms with Crippen LogP contribution in [0.4, 0.5) is 0 Å². The van der Waals surface area contributed by atoms with E-state index in [1.807, 2.05) is 39.6 Å². The van der Waals surface area contributed by atoms with Crippen LogP contribution in [0.3, 0.4) is 0 Å². The lowest BCUT2D eigenvalue weighted by Gasteiger charge is -2.41. The van der Waals surface area contributed by atoms with Crippen LogP contribution in [0, 0.1) is 6.92 Å². The SMILES string of the molecule is Cc1c(C(=O)N2C[C@H](C)OC(C)(C)C2)cnn1C. The molecule has 1 fully saturated rings. The van der Waals surface area contributed by atoms with Gasteiger partial charge in [-0.3, -0.25) is 9.48 Å². The Bertz CT molecular complexity index is 465. The summed E-state index contributed by atoms with van der Waals surface area (Å²) in [6.07, 6.45) is 1.71. The van der Waals surface area contributed by atoms with E-state index in [0.29, 0.717) is 18.7 Å². The third kappa shape index (κ3) is 2.41. The van der Waals surface area contributed by atoms with Crippen molar-refractivity contribution >= 4 is 5.91 Å². The molecule has 1 atom stereocenters. The summed E-state index contributed by atoms with van der Waals surface area (Å²) < 4.78 is 7.54. The molecule has 5 heteroatoms. The molecule has 2 rings (SSSR count). The van der Waals surface area contributed by atoms with Crippen LogP contribution in [0.1, 0.15) is 36.8 Å². The fourth-order valence-corrected chi connectivity index (χ4v) is 2.49. The van der Waals surface area contributed by atoms with Crippen LogP contribution in [-0.2, 0) is 11.8 Å². The van der Waals surface area contributed by atoms with E-state index in [0.717, 1.165) is 5.69 Å². The number of hydrogen-bond acceptors (Lipinski definition) is 3. The quantitative estimate of drug-likeness (QED) is 0.757. The molecule has 0 radical (unpaired) electrons. The lowest BCUT2D eigenvalue weighted by atomic mass is 10.0. The Morgan fingerprint density at radius 3 is 2.72 bits per heavy atom. The molecule has 0 unspecified atom stereocenters. The third-order valence-corrected chi connectivity index (χ3v) is 3.32. The van der Waals surface area contributed by atoms with Gasteiger partial charge in [0.05, 0.1) is 23.5 Å². The van der Waals surface area contributed by atoms with Crippen molar-refractivity contribution in [3.8, 4) is 0 Å². The summed E-state index contributed by atoms with van der Waals surface area (Å²) >= 11 is 0. The molecule has 0 bridgehead atoms. The second-order valence-corrected chi connectivity index (χ2v) is 5.64. The first-order chi connectivity index (χ1) is 8.30. The van der Waals surface area contributed by atoms with Gasteiger partial charge in [0.1, 0.15) is 0 Å². The number of aromatic nitrogens is 2. The lowest BCUT2D eigenvalue weighted by molar-refractivity contribution is -0.118. The highest BCUT2D eigenvalue weighted by molar-refractivity contribution is 5.95. The third-order valence-electron chi connectivity index (χ3n) is 3.32. The summed E-state index contributed by atoms with van der Waals surface area (Å²) in [6, 6.07) is 0. The number of rotatable bonds is 1. The average molecular weight is 251 g/mol. The zero-order valence-corrected chi connectivity index (χ0v) is 11.7. The minimum atomic E-state index is -0.288. The van der Waals surface area contributed by atoms with Crippen molar-refractivity contribution in [1.82, 2.24) is 14.7 Å². The number of morpholine rings is 1. The van der Waals surface area contributed by atoms with Gasteiger partial charge in [0.25, 0.3) is 5.91 Å². The molecule has 2 heterocycles. The molecule has 0 aliphatic carbocycles. The number of aryl methyl sites for hydroxylation is 1. The summed E-state index contributed by atoms with van der Waals surface area (Å²) in [5.74, 6) is 0.0452. The summed E-state index contributed by atoms with van der Waals surface area (Å²) in [5.41, 5.74) is 1.29. The molecule has 100 valence electrons. The number of nitrogens with zero attached hydrogens (tertiary/aromatic N) is 3. The summed E-state index contributed by atoms with van der Waals surface area (Å²) in [7, 11) is 1.85. The molecule has 0 spiro atoms. The smallest absolute Gasteiger partial charge is 0.257 e. The topological polar surface area (TPSA) is 47.4 Å². The van der Waals surface area contributed by atoms with Crippen molar-refractivity contribution in [2.45, 2.75) is 39.4 Å². The Kier molecular flexibility index (Phi) is 3.19. The first-order valence-electron chi connectivity index (χ1n) is 6.26. The zero-order valence-electron chi connectivity index (χ0n) is 11.7. The maximum atomic E-state index is 12.5. The van der Waals surface area contributed by atoms with Gasteiger partial charge >= 0.3 is 0 Å².